The molecule has 0 radical (unpaired) electrons. The maximum atomic E-state index is 12.6. The van der Waals surface area contributed by atoms with E-state index in [1.807, 2.05) is 78.9 Å². The molecule has 6 nitrogen and oxygen atoms in total. The molecule has 3 aromatic carbocycles. The Morgan fingerprint density at radius 1 is 0.971 bits per heavy atom. The first-order valence-electron chi connectivity index (χ1n) is 10.7. The Labute approximate surface area is 203 Å². The fourth-order valence-electron chi connectivity index (χ4n) is 3.30. The predicted octanol–water partition coefficient (Wildman–Crippen LogP) is 6.21. The fraction of sp³-hybridized carbons (Fsp3) is 0.154. The number of ether oxygens (including phenoxy) is 1. The lowest BCUT2D eigenvalue weighted by Gasteiger charge is -2.23. The SMILES string of the molecule is CC(NP(Cc1ccc2sc(C(=O)O)cc2c1)Oc1ccccc1)C(=O)OCc1ccccc1. The molecule has 34 heavy (non-hydrogen) atoms. The van der Waals surface area contributed by atoms with Crippen molar-refractivity contribution in [1.29, 1.82) is 0 Å². The Bertz CT molecular complexity index is 1260. The van der Waals surface area contributed by atoms with Crippen LogP contribution >= 0.6 is 19.6 Å². The van der Waals surface area contributed by atoms with Gasteiger partial charge in [-0.2, -0.15) is 0 Å². The van der Waals surface area contributed by atoms with Gasteiger partial charge in [0, 0.05) is 10.9 Å². The molecular weight excluding hydrogens is 469 g/mol. The number of benzene rings is 3. The Hall–Kier alpha value is -3.25. The largest absolute Gasteiger partial charge is 0.477 e. The third kappa shape index (κ3) is 6.41. The van der Waals surface area contributed by atoms with E-state index in [0.717, 1.165) is 21.2 Å². The zero-order valence-electron chi connectivity index (χ0n) is 18.5. The van der Waals surface area contributed by atoms with Crippen molar-refractivity contribution in [1.82, 2.24) is 5.09 Å². The van der Waals surface area contributed by atoms with Crippen LogP contribution in [0, 0.1) is 0 Å². The molecule has 2 atom stereocenters. The molecule has 0 fully saturated rings. The number of aromatic carboxylic acids is 1. The third-order valence-electron chi connectivity index (χ3n) is 4.99. The first-order valence-corrected chi connectivity index (χ1v) is 13.0. The molecule has 0 bridgehead atoms. The monoisotopic (exact) mass is 493 g/mol. The first-order chi connectivity index (χ1) is 16.5. The average Bonchev–Trinajstić information content (AvgIpc) is 3.28. The molecule has 0 aliphatic heterocycles. The number of hydrogen-bond acceptors (Lipinski definition) is 6. The molecule has 0 amide bonds. The molecule has 0 saturated carbocycles. The van der Waals surface area contributed by atoms with Gasteiger partial charge in [0.2, 0.25) is 0 Å². The summed E-state index contributed by atoms with van der Waals surface area (Å²) in [5.41, 5.74) is 1.91. The van der Waals surface area contributed by atoms with Crippen molar-refractivity contribution < 1.29 is 24.0 Å². The molecule has 0 saturated heterocycles. The fourth-order valence-corrected chi connectivity index (χ4v) is 5.83. The number of hydrogen-bond donors (Lipinski definition) is 2. The van der Waals surface area contributed by atoms with Crippen molar-refractivity contribution in [2.45, 2.75) is 25.7 Å². The molecule has 0 spiro atoms. The summed E-state index contributed by atoms with van der Waals surface area (Å²) in [7, 11) is -1.27. The van der Waals surface area contributed by atoms with E-state index in [1.54, 1.807) is 13.0 Å². The summed E-state index contributed by atoms with van der Waals surface area (Å²) < 4.78 is 12.6. The van der Waals surface area contributed by atoms with Crippen LogP contribution in [0.25, 0.3) is 10.1 Å². The lowest BCUT2D eigenvalue weighted by Crippen LogP contribution is -2.33. The molecule has 4 aromatic rings. The maximum Gasteiger partial charge on any atom is 0.345 e. The minimum atomic E-state index is -1.27. The predicted molar refractivity (Wildman–Crippen MR) is 135 cm³/mol. The minimum absolute atomic E-state index is 0.212. The van der Waals surface area contributed by atoms with Crippen molar-refractivity contribution in [3.8, 4) is 5.75 Å². The van der Waals surface area contributed by atoms with Crippen LogP contribution in [0.2, 0.25) is 0 Å². The highest BCUT2D eigenvalue weighted by Crippen LogP contribution is 2.39. The van der Waals surface area contributed by atoms with Gasteiger partial charge < -0.3 is 14.4 Å². The Morgan fingerprint density at radius 3 is 2.38 bits per heavy atom. The number of carbonyl (C=O) groups excluding carboxylic acids is 1. The highest BCUT2D eigenvalue weighted by Gasteiger charge is 2.22. The Balaban J connectivity index is 1.46. The van der Waals surface area contributed by atoms with E-state index < -0.39 is 20.3 Å². The van der Waals surface area contributed by atoms with Crippen molar-refractivity contribution in [3.05, 3.63) is 101 Å². The van der Waals surface area contributed by atoms with Crippen LogP contribution < -0.4 is 9.61 Å². The van der Waals surface area contributed by atoms with E-state index >= 15 is 0 Å². The minimum Gasteiger partial charge on any atom is -0.477 e. The summed E-state index contributed by atoms with van der Waals surface area (Å²) >= 11 is 1.25. The number of esters is 1. The highest BCUT2D eigenvalue weighted by molar-refractivity contribution is 7.50. The van der Waals surface area contributed by atoms with Crippen molar-refractivity contribution >= 4 is 41.7 Å². The second kappa shape index (κ2) is 11.3. The van der Waals surface area contributed by atoms with Crippen LogP contribution in [0.1, 0.15) is 27.7 Å². The summed E-state index contributed by atoms with van der Waals surface area (Å²) in [6.45, 7) is 1.97. The summed E-state index contributed by atoms with van der Waals surface area (Å²) in [5.74, 6) is -0.579. The zero-order chi connectivity index (χ0) is 23.9. The number of carboxylic acids is 1. The Kier molecular flexibility index (Phi) is 7.91. The van der Waals surface area contributed by atoms with E-state index in [0.29, 0.717) is 16.8 Å². The van der Waals surface area contributed by atoms with E-state index in [1.165, 1.54) is 11.3 Å². The molecular formula is C26H24NO5PS. The molecule has 174 valence electrons. The van der Waals surface area contributed by atoms with Crippen LogP contribution in [0.3, 0.4) is 0 Å². The van der Waals surface area contributed by atoms with Crippen LogP contribution in [-0.2, 0) is 22.3 Å². The number of carbonyl (C=O) groups is 2. The maximum absolute atomic E-state index is 12.6. The van der Waals surface area contributed by atoms with Crippen LogP contribution in [-0.4, -0.2) is 23.1 Å². The van der Waals surface area contributed by atoms with E-state index in [-0.39, 0.29) is 12.6 Å². The first kappa shape index (κ1) is 23.9. The zero-order valence-corrected chi connectivity index (χ0v) is 20.2. The standard InChI is InChI=1S/C26H24NO5PS/c1-18(26(30)31-16-19-8-4-2-5-9-19)27-33(32-22-10-6-3-7-11-22)17-20-12-13-23-21(14-20)15-24(34-23)25(28)29/h2-15,18,27H,16-17H2,1H3,(H,28,29). The van der Waals surface area contributed by atoms with E-state index in [9.17, 15) is 14.7 Å². The van der Waals surface area contributed by atoms with Gasteiger partial charge in [-0.25, -0.2) is 4.79 Å². The van der Waals surface area contributed by atoms with Gasteiger partial charge in [-0.15, -0.1) is 11.3 Å². The van der Waals surface area contributed by atoms with Gasteiger partial charge in [0.15, 0.2) is 8.30 Å². The molecule has 8 heteroatoms. The molecule has 4 rings (SSSR count). The molecule has 2 unspecified atom stereocenters. The smallest absolute Gasteiger partial charge is 0.345 e. The van der Waals surface area contributed by atoms with Crippen LogP contribution in [0.4, 0.5) is 0 Å². The second-order valence-corrected chi connectivity index (χ2v) is 10.3. The number of para-hydroxylation sites is 1. The molecule has 1 aromatic heterocycles. The van der Waals surface area contributed by atoms with Gasteiger partial charge in [0.05, 0.1) is 0 Å². The molecule has 1 heterocycles. The van der Waals surface area contributed by atoms with Crippen molar-refractivity contribution in [3.63, 3.8) is 0 Å². The van der Waals surface area contributed by atoms with Gasteiger partial charge in [-0.1, -0.05) is 54.6 Å². The van der Waals surface area contributed by atoms with E-state index in [2.05, 4.69) is 5.09 Å². The average molecular weight is 494 g/mol. The number of carboxylic acid groups (broad SMARTS) is 1. The topological polar surface area (TPSA) is 84.9 Å². The Morgan fingerprint density at radius 2 is 1.68 bits per heavy atom. The third-order valence-corrected chi connectivity index (χ3v) is 7.85. The summed E-state index contributed by atoms with van der Waals surface area (Å²) in [6.07, 6.45) is 0.536. The van der Waals surface area contributed by atoms with Gasteiger partial charge in [-0.05, 0) is 53.8 Å². The number of fused-ring (bicyclic) bond motifs is 1. The number of rotatable bonds is 10. The quantitative estimate of drug-likeness (QED) is 0.202. The molecule has 0 aliphatic rings. The van der Waals surface area contributed by atoms with Gasteiger partial charge in [0.1, 0.15) is 23.3 Å². The van der Waals surface area contributed by atoms with Crippen molar-refractivity contribution in [2.24, 2.45) is 0 Å². The lowest BCUT2D eigenvalue weighted by atomic mass is 10.2. The lowest BCUT2D eigenvalue weighted by molar-refractivity contribution is -0.146. The summed E-state index contributed by atoms with van der Waals surface area (Å²) in [5, 5.41) is 13.4. The summed E-state index contributed by atoms with van der Waals surface area (Å²) in [4.78, 5) is 24.2. The normalized spacial score (nSPS) is 12.7. The molecule has 0 aliphatic carbocycles. The number of thiophene rings is 1. The van der Waals surface area contributed by atoms with Crippen LogP contribution in [0.15, 0.2) is 84.9 Å². The van der Waals surface area contributed by atoms with Gasteiger partial charge in [0.25, 0.3) is 0 Å². The summed E-state index contributed by atoms with van der Waals surface area (Å²) in [6, 6.07) is 26.0. The van der Waals surface area contributed by atoms with Crippen molar-refractivity contribution in [2.75, 3.05) is 0 Å². The number of nitrogens with one attached hydrogen (secondary N) is 1. The second-order valence-electron chi connectivity index (χ2n) is 7.67. The van der Waals surface area contributed by atoms with Crippen LogP contribution in [0.5, 0.6) is 5.75 Å². The van der Waals surface area contributed by atoms with Gasteiger partial charge >= 0.3 is 11.9 Å². The molecule has 2 N–H and O–H groups in total. The van der Waals surface area contributed by atoms with E-state index in [4.69, 9.17) is 9.26 Å². The highest BCUT2D eigenvalue weighted by atomic mass is 32.1. The van der Waals surface area contributed by atoms with Gasteiger partial charge in [-0.3, -0.25) is 9.88 Å².